The summed E-state index contributed by atoms with van der Waals surface area (Å²) in [5.74, 6) is -0.221. The first-order valence-corrected chi connectivity index (χ1v) is 9.14. The molecule has 3 rings (SSSR count). The van der Waals surface area contributed by atoms with E-state index in [1.54, 1.807) is 31.3 Å². The quantitative estimate of drug-likeness (QED) is 0.791. The van der Waals surface area contributed by atoms with Gasteiger partial charge in [0.1, 0.15) is 0 Å². The van der Waals surface area contributed by atoms with E-state index in [4.69, 9.17) is 0 Å². The molecule has 1 N–H and O–H groups in total. The number of carbonyl (C=O) groups excluding carboxylic acids is 1. The Morgan fingerprint density at radius 1 is 1.04 bits per heavy atom. The molecule has 0 bridgehead atoms. The molecule has 0 saturated heterocycles. The first-order chi connectivity index (χ1) is 11.5. The molecule has 0 aliphatic carbocycles. The molecule has 1 amide bonds. The number of pyridine rings is 1. The fraction of sp³-hybridized carbons (Fsp3) is 0.111. The Hall–Kier alpha value is -2.73. The first-order valence-electron chi connectivity index (χ1n) is 7.49. The lowest BCUT2D eigenvalue weighted by molar-refractivity contribution is 0.102. The minimum absolute atomic E-state index is 0.0434. The van der Waals surface area contributed by atoms with Crippen LogP contribution < -0.4 is 5.32 Å². The number of fused-ring (bicyclic) bond motifs is 1. The highest BCUT2D eigenvalue weighted by Gasteiger charge is 2.13. The summed E-state index contributed by atoms with van der Waals surface area (Å²) >= 11 is 0. The third-order valence-electron chi connectivity index (χ3n) is 3.75. The Labute approximate surface area is 140 Å². The van der Waals surface area contributed by atoms with Crippen molar-refractivity contribution in [2.45, 2.75) is 11.8 Å². The van der Waals surface area contributed by atoms with Crippen LogP contribution >= 0.6 is 0 Å². The number of benzene rings is 2. The van der Waals surface area contributed by atoms with Crippen molar-refractivity contribution in [1.29, 1.82) is 0 Å². The molecule has 0 fully saturated rings. The maximum atomic E-state index is 12.5. The molecule has 6 heteroatoms. The van der Waals surface area contributed by atoms with Gasteiger partial charge in [-0.15, -0.1) is 0 Å². The summed E-state index contributed by atoms with van der Waals surface area (Å²) in [7, 11) is -3.25. The van der Waals surface area contributed by atoms with Crippen molar-refractivity contribution in [2.24, 2.45) is 0 Å². The van der Waals surface area contributed by atoms with Gasteiger partial charge in [-0.3, -0.25) is 9.78 Å². The number of nitrogens with zero attached hydrogens (tertiary/aromatic N) is 1. The number of amides is 1. The van der Waals surface area contributed by atoms with Gasteiger partial charge in [-0.05, 0) is 36.4 Å². The Kier molecular flexibility index (Phi) is 4.31. The fourth-order valence-electron chi connectivity index (χ4n) is 2.40. The van der Waals surface area contributed by atoms with Crippen LogP contribution in [0.3, 0.4) is 0 Å². The zero-order chi connectivity index (χ0) is 17.2. The molecule has 3 aromatic rings. The molecule has 1 heterocycles. The van der Waals surface area contributed by atoms with Gasteiger partial charge >= 0.3 is 0 Å². The highest BCUT2D eigenvalue weighted by atomic mass is 32.2. The maximum Gasteiger partial charge on any atom is 0.256 e. The molecular weight excluding hydrogens is 324 g/mol. The van der Waals surface area contributed by atoms with E-state index in [9.17, 15) is 13.2 Å². The minimum Gasteiger partial charge on any atom is -0.322 e. The van der Waals surface area contributed by atoms with Crippen molar-refractivity contribution in [3.63, 3.8) is 0 Å². The van der Waals surface area contributed by atoms with E-state index in [0.29, 0.717) is 11.3 Å². The van der Waals surface area contributed by atoms with Gasteiger partial charge in [0, 0.05) is 17.3 Å². The molecular formula is C18H16N2O3S. The Morgan fingerprint density at radius 2 is 1.75 bits per heavy atom. The average molecular weight is 340 g/mol. The maximum absolute atomic E-state index is 12.5. The van der Waals surface area contributed by atoms with Crippen LogP contribution in [0.2, 0.25) is 0 Å². The summed E-state index contributed by atoms with van der Waals surface area (Å²) < 4.78 is 23.6. The van der Waals surface area contributed by atoms with Gasteiger partial charge in [0.2, 0.25) is 0 Å². The molecule has 1 aromatic heterocycles. The Bertz CT molecular complexity index is 991. The van der Waals surface area contributed by atoms with Gasteiger partial charge in [-0.1, -0.05) is 25.1 Å². The third-order valence-corrected chi connectivity index (χ3v) is 5.50. The largest absolute Gasteiger partial charge is 0.322 e. The van der Waals surface area contributed by atoms with Gasteiger partial charge < -0.3 is 5.32 Å². The fourth-order valence-corrected chi connectivity index (χ4v) is 3.29. The lowest BCUT2D eigenvalue weighted by Gasteiger charge is -2.08. The SMILES string of the molecule is CCS(=O)(=O)c1ccc(NC(=O)c2ccnc3ccccc23)cc1. The molecule has 5 nitrogen and oxygen atoms in total. The molecule has 0 atom stereocenters. The molecule has 2 aromatic carbocycles. The summed E-state index contributed by atoms with van der Waals surface area (Å²) in [4.78, 5) is 17.0. The molecule has 0 radical (unpaired) electrons. The van der Waals surface area contributed by atoms with E-state index in [0.717, 1.165) is 10.9 Å². The molecule has 0 saturated carbocycles. The molecule has 0 spiro atoms. The third kappa shape index (κ3) is 3.14. The zero-order valence-electron chi connectivity index (χ0n) is 13.1. The number of aromatic nitrogens is 1. The Balaban J connectivity index is 1.87. The van der Waals surface area contributed by atoms with Crippen LogP contribution in [0.15, 0.2) is 65.7 Å². The number of hydrogen-bond acceptors (Lipinski definition) is 4. The van der Waals surface area contributed by atoms with E-state index in [-0.39, 0.29) is 16.6 Å². The van der Waals surface area contributed by atoms with Crippen molar-refractivity contribution in [1.82, 2.24) is 4.98 Å². The summed E-state index contributed by atoms with van der Waals surface area (Å²) in [6, 6.07) is 15.2. The highest BCUT2D eigenvalue weighted by Crippen LogP contribution is 2.19. The van der Waals surface area contributed by atoms with E-state index < -0.39 is 9.84 Å². The predicted octanol–water partition coefficient (Wildman–Crippen LogP) is 3.28. The standard InChI is InChI=1S/C18H16N2O3S/c1-2-24(22,23)14-9-7-13(8-10-14)20-18(21)16-11-12-19-17-6-4-3-5-15(16)17/h3-12H,2H2,1H3,(H,20,21). The van der Waals surface area contributed by atoms with Crippen LogP contribution in [0.4, 0.5) is 5.69 Å². The van der Waals surface area contributed by atoms with Gasteiger partial charge in [-0.25, -0.2) is 8.42 Å². The van der Waals surface area contributed by atoms with Crippen molar-refractivity contribution < 1.29 is 13.2 Å². The summed E-state index contributed by atoms with van der Waals surface area (Å²) in [5.41, 5.74) is 1.80. The second-order valence-corrected chi connectivity index (χ2v) is 7.54. The highest BCUT2D eigenvalue weighted by molar-refractivity contribution is 7.91. The topological polar surface area (TPSA) is 76.1 Å². The first kappa shape index (κ1) is 16.1. The molecule has 0 aliphatic heterocycles. The smallest absolute Gasteiger partial charge is 0.256 e. The average Bonchev–Trinajstić information content (AvgIpc) is 2.61. The molecule has 0 aliphatic rings. The number of sulfone groups is 1. The Morgan fingerprint density at radius 3 is 2.46 bits per heavy atom. The summed E-state index contributed by atoms with van der Waals surface area (Å²) in [6.07, 6.45) is 1.59. The van der Waals surface area contributed by atoms with Crippen LogP contribution in [-0.4, -0.2) is 25.1 Å². The van der Waals surface area contributed by atoms with Gasteiger partial charge in [0.05, 0.1) is 21.7 Å². The minimum atomic E-state index is -3.25. The van der Waals surface area contributed by atoms with Gasteiger partial charge in [0.15, 0.2) is 9.84 Å². The lowest BCUT2D eigenvalue weighted by atomic mass is 10.1. The number of rotatable bonds is 4. The number of carbonyl (C=O) groups is 1. The molecule has 0 unspecified atom stereocenters. The van der Waals surface area contributed by atoms with Crippen LogP contribution in [0, 0.1) is 0 Å². The van der Waals surface area contributed by atoms with E-state index in [1.165, 1.54) is 12.1 Å². The van der Waals surface area contributed by atoms with Crippen molar-refractivity contribution in [2.75, 3.05) is 11.1 Å². The van der Waals surface area contributed by atoms with Crippen molar-refractivity contribution in [3.05, 3.63) is 66.4 Å². The lowest BCUT2D eigenvalue weighted by Crippen LogP contribution is -2.13. The van der Waals surface area contributed by atoms with E-state index in [2.05, 4.69) is 10.3 Å². The van der Waals surface area contributed by atoms with E-state index >= 15 is 0 Å². The summed E-state index contributed by atoms with van der Waals surface area (Å²) in [5, 5.41) is 3.55. The zero-order valence-corrected chi connectivity index (χ0v) is 13.9. The second kappa shape index (κ2) is 6.41. The van der Waals surface area contributed by atoms with E-state index in [1.807, 2.05) is 24.3 Å². The number of hydrogen-bond donors (Lipinski definition) is 1. The van der Waals surface area contributed by atoms with Crippen molar-refractivity contribution in [3.8, 4) is 0 Å². The normalized spacial score (nSPS) is 11.4. The number of nitrogens with one attached hydrogen (secondary N) is 1. The van der Waals surface area contributed by atoms with Crippen molar-refractivity contribution >= 4 is 32.3 Å². The van der Waals surface area contributed by atoms with Crippen LogP contribution in [0.25, 0.3) is 10.9 Å². The van der Waals surface area contributed by atoms with Crippen LogP contribution in [0.1, 0.15) is 17.3 Å². The van der Waals surface area contributed by atoms with Crippen LogP contribution in [0.5, 0.6) is 0 Å². The second-order valence-electron chi connectivity index (χ2n) is 5.26. The van der Waals surface area contributed by atoms with Crippen LogP contribution in [-0.2, 0) is 9.84 Å². The summed E-state index contributed by atoms with van der Waals surface area (Å²) in [6.45, 7) is 1.60. The van der Waals surface area contributed by atoms with Gasteiger partial charge in [-0.2, -0.15) is 0 Å². The number of para-hydroxylation sites is 1. The monoisotopic (exact) mass is 340 g/mol. The molecule has 122 valence electrons. The predicted molar refractivity (Wildman–Crippen MR) is 93.9 cm³/mol. The number of anilines is 1. The van der Waals surface area contributed by atoms with Gasteiger partial charge in [0.25, 0.3) is 5.91 Å². The molecule has 24 heavy (non-hydrogen) atoms.